The number of hydrogen-bond donors (Lipinski definition) is 1. The van der Waals surface area contributed by atoms with Gasteiger partial charge in [0.2, 0.25) is 10.0 Å². The number of hydrogen-bond acceptors (Lipinski definition) is 3. The molecule has 0 amide bonds. The molecule has 2 rings (SSSR count). The van der Waals surface area contributed by atoms with Gasteiger partial charge in [-0.2, -0.15) is 4.31 Å². The fourth-order valence-corrected chi connectivity index (χ4v) is 3.86. The highest BCUT2D eigenvalue weighted by molar-refractivity contribution is 7.89. The van der Waals surface area contributed by atoms with Crippen molar-refractivity contribution in [1.82, 2.24) is 4.31 Å². The molecule has 0 atom stereocenters. The first-order valence-corrected chi connectivity index (χ1v) is 8.69. The normalized spacial score (nSPS) is 12.3. The van der Waals surface area contributed by atoms with E-state index >= 15 is 0 Å². The van der Waals surface area contributed by atoms with Crippen molar-refractivity contribution in [2.75, 3.05) is 12.8 Å². The zero-order valence-corrected chi connectivity index (χ0v) is 13.8. The summed E-state index contributed by atoms with van der Waals surface area (Å²) >= 11 is 0. The summed E-state index contributed by atoms with van der Waals surface area (Å²) in [4.78, 5) is 10.9. The quantitative estimate of drug-likeness (QED) is 0.880. The van der Waals surface area contributed by atoms with Crippen LogP contribution in [0.2, 0.25) is 0 Å². The van der Waals surface area contributed by atoms with Gasteiger partial charge >= 0.3 is 5.97 Å². The van der Waals surface area contributed by atoms with E-state index in [0.29, 0.717) is 0 Å². The van der Waals surface area contributed by atoms with Gasteiger partial charge in [0.25, 0.3) is 0 Å². The van der Waals surface area contributed by atoms with E-state index in [-0.39, 0.29) is 0 Å². The lowest BCUT2D eigenvalue weighted by molar-refractivity contribution is -0.134. The van der Waals surface area contributed by atoms with Crippen LogP contribution >= 0.6 is 0 Å². The van der Waals surface area contributed by atoms with E-state index in [2.05, 4.69) is 0 Å². The van der Waals surface area contributed by atoms with Gasteiger partial charge in [-0.3, -0.25) is 4.79 Å². The van der Waals surface area contributed by atoms with Crippen LogP contribution in [0, 0.1) is 0 Å². The van der Waals surface area contributed by atoms with Crippen LogP contribution in [0.15, 0.2) is 60.7 Å². The van der Waals surface area contributed by atoms with Crippen LogP contribution in [0.25, 0.3) is 0 Å². The summed E-state index contributed by atoms with van der Waals surface area (Å²) in [6.45, 7) is 1.77. The first kappa shape index (κ1) is 17.2. The van der Waals surface area contributed by atoms with Crippen LogP contribution in [0.4, 0.5) is 0 Å². The minimum atomic E-state index is -3.98. The third-order valence-electron chi connectivity index (χ3n) is 4.02. The smallest absolute Gasteiger partial charge is 0.320 e. The van der Waals surface area contributed by atoms with E-state index in [1.807, 2.05) is 60.7 Å². The van der Waals surface area contributed by atoms with Crippen molar-refractivity contribution in [3.63, 3.8) is 0 Å². The van der Waals surface area contributed by atoms with Crippen molar-refractivity contribution in [1.29, 1.82) is 0 Å². The third kappa shape index (κ3) is 3.43. The second-order valence-corrected chi connectivity index (χ2v) is 7.42. The number of aliphatic carboxylic acids is 1. The van der Waals surface area contributed by atoms with Crippen molar-refractivity contribution in [3.05, 3.63) is 71.8 Å². The lowest BCUT2D eigenvalue weighted by atomic mass is 9.85. The Morgan fingerprint density at radius 3 is 1.74 bits per heavy atom. The zero-order chi connectivity index (χ0) is 17.1. The minimum absolute atomic E-state index is 0.766. The number of sulfonamides is 1. The molecule has 0 fully saturated rings. The number of carbonyl (C=O) groups is 1. The number of benzene rings is 2. The molecule has 0 saturated carbocycles. The molecule has 5 nitrogen and oxygen atoms in total. The molecule has 1 N–H and O–H groups in total. The third-order valence-corrected chi connectivity index (χ3v) is 5.84. The fourth-order valence-electron chi connectivity index (χ4n) is 2.59. The van der Waals surface area contributed by atoms with Crippen molar-refractivity contribution in [2.24, 2.45) is 0 Å². The average Bonchev–Trinajstić information content (AvgIpc) is 2.54. The molecule has 6 heteroatoms. The van der Waals surface area contributed by atoms with Crippen molar-refractivity contribution in [2.45, 2.75) is 12.5 Å². The van der Waals surface area contributed by atoms with Crippen LogP contribution in [-0.2, 0) is 20.4 Å². The maximum absolute atomic E-state index is 12.5. The fraction of sp³-hybridized carbons (Fsp3) is 0.235. The molecule has 0 aliphatic carbocycles. The number of rotatable bonds is 6. The first-order valence-electron chi connectivity index (χ1n) is 7.08. The van der Waals surface area contributed by atoms with Crippen LogP contribution in [0.3, 0.4) is 0 Å². The Balaban J connectivity index is 2.62. The molecule has 0 aliphatic rings. The standard InChI is InChI=1S/C17H19NO4S/c1-17(14-9-5-3-6-10-14,15-11-7-4-8-12-15)18(2)23(21,22)13-16(19)20/h3-12H,13H2,1-2H3,(H,19,20). The molecule has 0 unspecified atom stereocenters. The molecule has 122 valence electrons. The molecule has 0 spiro atoms. The van der Waals surface area contributed by atoms with Gasteiger partial charge < -0.3 is 5.11 Å². The Hall–Kier alpha value is -2.18. The Bertz CT molecular complexity index is 733. The van der Waals surface area contributed by atoms with Gasteiger partial charge in [0.1, 0.15) is 0 Å². The van der Waals surface area contributed by atoms with Crippen molar-refractivity contribution >= 4 is 16.0 Å². The molecule has 0 heterocycles. The summed E-state index contributed by atoms with van der Waals surface area (Å²) in [5.74, 6) is -2.32. The van der Waals surface area contributed by atoms with Crippen LogP contribution in [0.5, 0.6) is 0 Å². The Labute approximate surface area is 136 Å². The molecule has 23 heavy (non-hydrogen) atoms. The molecule has 0 saturated heterocycles. The van der Waals surface area contributed by atoms with Crippen molar-refractivity contribution < 1.29 is 18.3 Å². The van der Waals surface area contributed by atoms with Gasteiger partial charge in [0, 0.05) is 7.05 Å². The Morgan fingerprint density at radius 1 is 1.00 bits per heavy atom. The van der Waals surface area contributed by atoms with E-state index in [4.69, 9.17) is 5.11 Å². The Morgan fingerprint density at radius 2 is 1.39 bits per heavy atom. The molecule has 0 aliphatic heterocycles. The monoisotopic (exact) mass is 333 g/mol. The van der Waals surface area contributed by atoms with Gasteiger partial charge in [-0.05, 0) is 18.1 Å². The van der Waals surface area contributed by atoms with E-state index in [1.54, 1.807) is 6.92 Å². The summed E-state index contributed by atoms with van der Waals surface area (Å²) < 4.78 is 26.1. The van der Waals surface area contributed by atoms with Crippen LogP contribution in [-0.4, -0.2) is 36.6 Å². The predicted octanol–water partition coefficient (Wildman–Crippen LogP) is 2.30. The van der Waals surface area contributed by atoms with Crippen molar-refractivity contribution in [3.8, 4) is 0 Å². The maximum atomic E-state index is 12.5. The molecule has 0 aromatic heterocycles. The first-order chi connectivity index (χ1) is 10.8. The van der Waals surface area contributed by atoms with Gasteiger partial charge in [-0.1, -0.05) is 60.7 Å². The second-order valence-electron chi connectivity index (χ2n) is 5.42. The van der Waals surface area contributed by atoms with E-state index < -0.39 is 27.3 Å². The van der Waals surface area contributed by atoms with E-state index in [9.17, 15) is 13.2 Å². The van der Waals surface area contributed by atoms with Crippen LogP contribution < -0.4 is 0 Å². The van der Waals surface area contributed by atoms with Gasteiger partial charge in [-0.25, -0.2) is 8.42 Å². The maximum Gasteiger partial charge on any atom is 0.320 e. The summed E-state index contributed by atoms with van der Waals surface area (Å²) in [5.41, 5.74) is 0.530. The molecular weight excluding hydrogens is 314 g/mol. The summed E-state index contributed by atoms with van der Waals surface area (Å²) in [5, 5.41) is 8.90. The summed E-state index contributed by atoms with van der Waals surface area (Å²) in [6.07, 6.45) is 0. The highest BCUT2D eigenvalue weighted by atomic mass is 32.2. The molecule has 2 aromatic carbocycles. The van der Waals surface area contributed by atoms with Crippen LogP contribution in [0.1, 0.15) is 18.1 Å². The molecule has 0 radical (unpaired) electrons. The van der Waals surface area contributed by atoms with Gasteiger partial charge in [0.15, 0.2) is 5.75 Å². The van der Waals surface area contributed by atoms with Gasteiger partial charge in [0.05, 0.1) is 5.54 Å². The van der Waals surface area contributed by atoms with E-state index in [0.717, 1.165) is 15.4 Å². The summed E-state index contributed by atoms with van der Waals surface area (Å²) in [6, 6.07) is 18.3. The Kier molecular flexibility index (Phi) is 4.87. The highest BCUT2D eigenvalue weighted by Crippen LogP contribution is 2.36. The number of carboxylic acids is 1. The predicted molar refractivity (Wildman–Crippen MR) is 88.5 cm³/mol. The topological polar surface area (TPSA) is 74.7 Å². The average molecular weight is 333 g/mol. The minimum Gasteiger partial charge on any atom is -0.480 e. The SMILES string of the molecule is CN(C(C)(c1ccccc1)c1ccccc1)S(=O)(=O)CC(=O)O. The summed E-state index contributed by atoms with van der Waals surface area (Å²) in [7, 11) is -2.56. The number of nitrogens with zero attached hydrogens (tertiary/aromatic N) is 1. The molecular formula is C17H19NO4S. The largest absolute Gasteiger partial charge is 0.480 e. The molecule has 0 bridgehead atoms. The highest BCUT2D eigenvalue weighted by Gasteiger charge is 2.40. The number of carboxylic acid groups (broad SMARTS) is 1. The molecule has 2 aromatic rings. The zero-order valence-electron chi connectivity index (χ0n) is 13.0. The van der Waals surface area contributed by atoms with Gasteiger partial charge in [-0.15, -0.1) is 0 Å². The second kappa shape index (κ2) is 6.52. The van der Waals surface area contributed by atoms with E-state index in [1.165, 1.54) is 7.05 Å². The lowest BCUT2D eigenvalue weighted by Gasteiger charge is -2.38. The lowest BCUT2D eigenvalue weighted by Crippen LogP contribution is -2.47.